The van der Waals surface area contributed by atoms with Gasteiger partial charge in [-0.1, -0.05) is 0 Å². The summed E-state index contributed by atoms with van der Waals surface area (Å²) in [5.74, 6) is -0.345. The maximum atomic E-state index is 12.3. The molecule has 1 saturated heterocycles. The molecule has 1 fully saturated rings. The molecule has 6 nitrogen and oxygen atoms in total. The van der Waals surface area contributed by atoms with E-state index in [1.165, 1.54) is 11.3 Å². The Kier molecular flexibility index (Phi) is 4.95. The number of hydrogen-bond donors (Lipinski definition) is 2. The highest BCUT2D eigenvalue weighted by Crippen LogP contribution is 2.23. The van der Waals surface area contributed by atoms with E-state index in [9.17, 15) is 9.59 Å². The average Bonchev–Trinajstić information content (AvgIpc) is 2.76. The number of carbonyl (C=O) groups is 2. The Labute approximate surface area is 128 Å². The van der Waals surface area contributed by atoms with E-state index in [4.69, 9.17) is 5.73 Å². The van der Waals surface area contributed by atoms with Gasteiger partial charge in [-0.15, -0.1) is 11.3 Å². The number of hydrogen-bond acceptors (Lipinski definition) is 5. The molecule has 1 aliphatic heterocycles. The average molecular weight is 310 g/mol. The summed E-state index contributed by atoms with van der Waals surface area (Å²) >= 11 is 1.49. The van der Waals surface area contributed by atoms with Crippen molar-refractivity contribution in [1.82, 2.24) is 9.88 Å². The van der Waals surface area contributed by atoms with Crippen molar-refractivity contribution in [2.45, 2.75) is 39.7 Å². The predicted octanol–water partition coefficient (Wildman–Crippen LogP) is 1.28. The number of nitrogens with one attached hydrogen (secondary N) is 1. The third kappa shape index (κ3) is 3.79. The molecule has 0 saturated carbocycles. The highest BCUT2D eigenvalue weighted by molar-refractivity contribution is 7.15. The van der Waals surface area contributed by atoms with Crippen molar-refractivity contribution in [3.05, 3.63) is 10.6 Å². The highest BCUT2D eigenvalue weighted by Gasteiger charge is 2.29. The van der Waals surface area contributed by atoms with E-state index < -0.39 is 0 Å². The van der Waals surface area contributed by atoms with E-state index in [1.54, 1.807) is 0 Å². The first-order chi connectivity index (χ1) is 9.88. The van der Waals surface area contributed by atoms with Gasteiger partial charge in [0.15, 0.2) is 5.13 Å². The fraction of sp³-hybridized carbons (Fsp3) is 0.643. The fourth-order valence-corrected chi connectivity index (χ4v) is 3.29. The number of nitrogens with zero attached hydrogens (tertiary/aromatic N) is 2. The Morgan fingerprint density at radius 1 is 1.38 bits per heavy atom. The first kappa shape index (κ1) is 15.9. The van der Waals surface area contributed by atoms with Gasteiger partial charge >= 0.3 is 0 Å². The number of amides is 2. The molecular formula is C14H22N4O2S. The van der Waals surface area contributed by atoms with E-state index in [0.717, 1.165) is 36.5 Å². The Morgan fingerprint density at radius 2 is 2.00 bits per heavy atom. The Hall–Kier alpha value is -1.47. The lowest BCUT2D eigenvalue weighted by atomic mass is 9.95. The molecule has 0 radical (unpaired) electrons. The number of likely N-dealkylation sites (tertiary alicyclic amines) is 1. The number of piperidine rings is 1. The monoisotopic (exact) mass is 310 g/mol. The van der Waals surface area contributed by atoms with Crippen LogP contribution in [0.3, 0.4) is 0 Å². The number of anilines is 1. The minimum Gasteiger partial charge on any atom is -0.369 e. The molecule has 2 rings (SSSR count). The molecule has 3 N–H and O–H groups in total. The SMILES string of the molecule is Cc1nc(NC(=O)[C@H](C)N2CCC(C(N)=O)CC2)sc1C. The zero-order valence-corrected chi connectivity index (χ0v) is 13.5. The number of aromatic nitrogens is 1. The summed E-state index contributed by atoms with van der Waals surface area (Å²) in [6.45, 7) is 7.24. The van der Waals surface area contributed by atoms with Gasteiger partial charge in [-0.2, -0.15) is 0 Å². The van der Waals surface area contributed by atoms with Gasteiger partial charge in [-0.3, -0.25) is 14.5 Å². The molecule has 0 unspecified atom stereocenters. The second kappa shape index (κ2) is 6.53. The van der Waals surface area contributed by atoms with E-state index in [1.807, 2.05) is 20.8 Å². The summed E-state index contributed by atoms with van der Waals surface area (Å²) in [5, 5.41) is 3.52. The molecule has 21 heavy (non-hydrogen) atoms. The number of nitrogens with two attached hydrogens (primary N) is 1. The van der Waals surface area contributed by atoms with Crippen LogP contribution in [-0.4, -0.2) is 40.8 Å². The second-order valence-corrected chi connectivity index (χ2v) is 6.74. The molecule has 1 atom stereocenters. The summed E-state index contributed by atoms with van der Waals surface area (Å²) in [6.07, 6.45) is 1.45. The van der Waals surface area contributed by atoms with Crippen LogP contribution in [0.2, 0.25) is 0 Å². The Balaban J connectivity index is 1.89. The molecule has 2 amide bonds. The van der Waals surface area contributed by atoms with Crippen molar-refractivity contribution in [3.63, 3.8) is 0 Å². The van der Waals surface area contributed by atoms with Crippen molar-refractivity contribution in [1.29, 1.82) is 0 Å². The topological polar surface area (TPSA) is 88.3 Å². The van der Waals surface area contributed by atoms with Gasteiger partial charge in [0.1, 0.15) is 0 Å². The number of rotatable bonds is 4. The van der Waals surface area contributed by atoms with Crippen LogP contribution < -0.4 is 11.1 Å². The zero-order chi connectivity index (χ0) is 15.6. The number of thiazole rings is 1. The summed E-state index contributed by atoms with van der Waals surface area (Å²) in [6, 6.07) is -0.233. The van der Waals surface area contributed by atoms with Crippen LogP contribution >= 0.6 is 11.3 Å². The number of carbonyl (C=O) groups excluding carboxylic acids is 2. The third-order valence-corrected chi connectivity index (χ3v) is 5.11. The second-order valence-electron chi connectivity index (χ2n) is 5.54. The highest BCUT2D eigenvalue weighted by atomic mass is 32.1. The molecule has 0 aromatic carbocycles. The maximum absolute atomic E-state index is 12.3. The minimum absolute atomic E-state index is 0.0544. The van der Waals surface area contributed by atoms with Gasteiger partial charge in [0, 0.05) is 10.8 Å². The molecule has 116 valence electrons. The maximum Gasteiger partial charge on any atom is 0.243 e. The summed E-state index contributed by atoms with van der Waals surface area (Å²) in [4.78, 5) is 30.9. The standard InChI is InChI=1S/C14H22N4O2S/c1-8-10(3)21-14(16-8)17-13(20)9(2)18-6-4-11(5-7-18)12(15)19/h9,11H,4-7H2,1-3H3,(H2,15,19)(H,16,17,20)/t9-/m0/s1. The Morgan fingerprint density at radius 3 is 2.48 bits per heavy atom. The van der Waals surface area contributed by atoms with Gasteiger partial charge in [-0.05, 0) is 46.7 Å². The summed E-state index contributed by atoms with van der Waals surface area (Å²) in [5.41, 5.74) is 6.27. The lowest BCUT2D eigenvalue weighted by Gasteiger charge is -2.34. The summed E-state index contributed by atoms with van der Waals surface area (Å²) in [7, 11) is 0. The largest absolute Gasteiger partial charge is 0.369 e. The van der Waals surface area contributed by atoms with Crippen LogP contribution in [0.25, 0.3) is 0 Å². The van der Waals surface area contributed by atoms with Gasteiger partial charge in [0.2, 0.25) is 11.8 Å². The van der Waals surface area contributed by atoms with Crippen LogP contribution in [0.5, 0.6) is 0 Å². The smallest absolute Gasteiger partial charge is 0.243 e. The van der Waals surface area contributed by atoms with E-state index in [0.29, 0.717) is 5.13 Å². The van der Waals surface area contributed by atoms with Crippen molar-refractivity contribution < 1.29 is 9.59 Å². The number of aryl methyl sites for hydroxylation is 2. The molecule has 0 bridgehead atoms. The molecule has 1 aromatic heterocycles. The van der Waals surface area contributed by atoms with E-state index >= 15 is 0 Å². The zero-order valence-electron chi connectivity index (χ0n) is 12.7. The molecular weight excluding hydrogens is 288 g/mol. The molecule has 1 aromatic rings. The molecule has 7 heteroatoms. The van der Waals surface area contributed by atoms with Crippen LogP contribution in [-0.2, 0) is 9.59 Å². The van der Waals surface area contributed by atoms with Crippen molar-refractivity contribution in [2.24, 2.45) is 11.7 Å². The predicted molar refractivity (Wildman–Crippen MR) is 83.2 cm³/mol. The molecule has 0 aliphatic carbocycles. The molecule has 1 aliphatic rings. The van der Waals surface area contributed by atoms with Gasteiger partial charge in [0.25, 0.3) is 0 Å². The third-order valence-electron chi connectivity index (χ3n) is 4.12. The molecule has 0 spiro atoms. The molecule has 2 heterocycles. The van der Waals surface area contributed by atoms with Gasteiger partial charge < -0.3 is 11.1 Å². The van der Waals surface area contributed by atoms with Crippen LogP contribution in [0, 0.1) is 19.8 Å². The Bertz CT molecular complexity index is 516. The van der Waals surface area contributed by atoms with Gasteiger partial charge in [0.05, 0.1) is 11.7 Å². The first-order valence-corrected chi connectivity index (χ1v) is 7.98. The minimum atomic E-state index is -0.236. The summed E-state index contributed by atoms with van der Waals surface area (Å²) < 4.78 is 0. The van der Waals surface area contributed by atoms with Gasteiger partial charge in [-0.25, -0.2) is 4.98 Å². The van der Waals surface area contributed by atoms with Crippen molar-refractivity contribution in [2.75, 3.05) is 18.4 Å². The van der Waals surface area contributed by atoms with E-state index in [2.05, 4.69) is 15.2 Å². The normalized spacial score (nSPS) is 18.4. The lowest BCUT2D eigenvalue weighted by Crippen LogP contribution is -2.47. The lowest BCUT2D eigenvalue weighted by molar-refractivity contribution is -0.124. The fourth-order valence-electron chi connectivity index (χ4n) is 2.47. The van der Waals surface area contributed by atoms with E-state index in [-0.39, 0.29) is 23.8 Å². The van der Waals surface area contributed by atoms with Crippen LogP contribution in [0.4, 0.5) is 5.13 Å². The van der Waals surface area contributed by atoms with Crippen molar-refractivity contribution in [3.8, 4) is 0 Å². The van der Waals surface area contributed by atoms with Crippen LogP contribution in [0.1, 0.15) is 30.3 Å². The van der Waals surface area contributed by atoms with Crippen LogP contribution in [0.15, 0.2) is 0 Å². The quantitative estimate of drug-likeness (QED) is 0.877. The first-order valence-electron chi connectivity index (χ1n) is 7.16. The van der Waals surface area contributed by atoms with Crippen molar-refractivity contribution >= 4 is 28.3 Å². The number of primary amides is 1.